The van der Waals surface area contributed by atoms with Crippen LogP contribution in [0.4, 0.5) is 0 Å². The Morgan fingerprint density at radius 3 is 2.75 bits per heavy atom. The van der Waals surface area contributed by atoms with Crippen LogP contribution in [0, 0.1) is 6.92 Å². The number of hydrogen-bond acceptors (Lipinski definition) is 3. The molecule has 5 heteroatoms. The number of carbonyl (C=O) groups is 1. The lowest BCUT2D eigenvalue weighted by Crippen LogP contribution is -2.07. The number of benzene rings is 1. The highest BCUT2D eigenvalue weighted by Gasteiger charge is 2.19. The largest absolute Gasteiger partial charge is 0.475 e. The number of aromatic nitrogens is 2. The van der Waals surface area contributed by atoms with E-state index in [0.717, 1.165) is 16.9 Å². The highest BCUT2D eigenvalue weighted by Crippen LogP contribution is 2.26. The van der Waals surface area contributed by atoms with Gasteiger partial charge in [-0.15, -0.1) is 0 Å². The van der Waals surface area contributed by atoms with Crippen molar-refractivity contribution in [3.8, 4) is 0 Å². The second-order valence-electron chi connectivity index (χ2n) is 4.70. The minimum Gasteiger partial charge on any atom is -0.475 e. The van der Waals surface area contributed by atoms with Crippen LogP contribution in [0.1, 0.15) is 35.1 Å². The van der Waals surface area contributed by atoms with Crippen LogP contribution in [0.25, 0.3) is 11.0 Å². The molecule has 0 spiro atoms. The zero-order valence-corrected chi connectivity index (χ0v) is 11.2. The Morgan fingerprint density at radius 2 is 2.05 bits per heavy atom. The Labute approximate surface area is 115 Å². The smallest absolute Gasteiger partial charge is 0.371 e. The molecule has 1 aromatic carbocycles. The highest BCUT2D eigenvalue weighted by molar-refractivity contribution is 5.84. The molecule has 0 fully saturated rings. The number of carboxylic acid groups (broad SMARTS) is 1. The Morgan fingerprint density at radius 1 is 1.30 bits per heavy atom. The summed E-state index contributed by atoms with van der Waals surface area (Å²) in [6, 6.07) is 10.9. The number of hydrogen-bond donors (Lipinski definition) is 1. The van der Waals surface area contributed by atoms with Gasteiger partial charge in [-0.3, -0.25) is 0 Å². The average molecular weight is 270 g/mol. The second kappa shape index (κ2) is 4.52. The number of imidazole rings is 1. The van der Waals surface area contributed by atoms with Gasteiger partial charge < -0.3 is 14.1 Å². The summed E-state index contributed by atoms with van der Waals surface area (Å²) in [5, 5.41) is 8.92. The molecule has 3 aromatic rings. The van der Waals surface area contributed by atoms with E-state index in [1.165, 1.54) is 6.07 Å². The maximum Gasteiger partial charge on any atom is 0.371 e. The molecule has 0 aliphatic carbocycles. The number of aryl methyl sites for hydroxylation is 1. The zero-order valence-electron chi connectivity index (χ0n) is 11.2. The van der Waals surface area contributed by atoms with Crippen LogP contribution < -0.4 is 0 Å². The summed E-state index contributed by atoms with van der Waals surface area (Å²) >= 11 is 0. The fourth-order valence-corrected chi connectivity index (χ4v) is 2.47. The molecule has 1 unspecified atom stereocenters. The minimum atomic E-state index is -1.06. The summed E-state index contributed by atoms with van der Waals surface area (Å²) in [5.74, 6) is 0.366. The van der Waals surface area contributed by atoms with Gasteiger partial charge >= 0.3 is 5.97 Å². The molecule has 0 bridgehead atoms. The maximum absolute atomic E-state index is 10.9. The molecule has 0 aliphatic rings. The number of rotatable bonds is 3. The molecular weight excluding hydrogens is 256 g/mol. The molecular formula is C15H14N2O3. The van der Waals surface area contributed by atoms with Crippen molar-refractivity contribution in [2.45, 2.75) is 19.9 Å². The number of fused-ring (bicyclic) bond motifs is 1. The molecule has 0 amide bonds. The number of para-hydroxylation sites is 2. The SMILES string of the molecule is Cc1nc2ccccc2n1C(C)c1ccc(C(=O)O)o1. The van der Waals surface area contributed by atoms with E-state index in [9.17, 15) is 4.79 Å². The monoisotopic (exact) mass is 270 g/mol. The van der Waals surface area contributed by atoms with Crippen LogP contribution in [0.5, 0.6) is 0 Å². The quantitative estimate of drug-likeness (QED) is 0.793. The number of furan rings is 1. The number of carboxylic acids is 1. The van der Waals surface area contributed by atoms with Gasteiger partial charge in [0.1, 0.15) is 11.6 Å². The molecule has 102 valence electrons. The van der Waals surface area contributed by atoms with Crippen molar-refractivity contribution in [3.63, 3.8) is 0 Å². The predicted molar refractivity (Wildman–Crippen MR) is 74.0 cm³/mol. The number of aromatic carboxylic acids is 1. The third kappa shape index (κ3) is 1.87. The van der Waals surface area contributed by atoms with Gasteiger partial charge in [-0.25, -0.2) is 9.78 Å². The van der Waals surface area contributed by atoms with Gasteiger partial charge in [0.2, 0.25) is 5.76 Å². The first-order chi connectivity index (χ1) is 9.58. The van der Waals surface area contributed by atoms with Crippen molar-refractivity contribution in [3.05, 3.63) is 53.7 Å². The number of nitrogens with zero attached hydrogens (tertiary/aromatic N) is 2. The molecule has 20 heavy (non-hydrogen) atoms. The van der Waals surface area contributed by atoms with E-state index >= 15 is 0 Å². The van der Waals surface area contributed by atoms with E-state index in [4.69, 9.17) is 9.52 Å². The molecule has 2 heterocycles. The molecule has 5 nitrogen and oxygen atoms in total. The van der Waals surface area contributed by atoms with E-state index in [0.29, 0.717) is 5.76 Å². The van der Waals surface area contributed by atoms with E-state index in [2.05, 4.69) is 4.98 Å². The first-order valence-electron chi connectivity index (χ1n) is 6.34. The second-order valence-corrected chi connectivity index (χ2v) is 4.70. The van der Waals surface area contributed by atoms with Crippen LogP contribution in [-0.2, 0) is 0 Å². The van der Waals surface area contributed by atoms with E-state index in [-0.39, 0.29) is 11.8 Å². The zero-order chi connectivity index (χ0) is 14.3. The molecule has 0 radical (unpaired) electrons. The molecule has 1 N–H and O–H groups in total. The van der Waals surface area contributed by atoms with Gasteiger partial charge in [0.15, 0.2) is 0 Å². The van der Waals surface area contributed by atoms with Crippen molar-refractivity contribution < 1.29 is 14.3 Å². The molecule has 0 saturated carbocycles. The van der Waals surface area contributed by atoms with Crippen molar-refractivity contribution in [2.24, 2.45) is 0 Å². The van der Waals surface area contributed by atoms with E-state index < -0.39 is 5.97 Å². The van der Waals surface area contributed by atoms with Crippen LogP contribution in [0.3, 0.4) is 0 Å². The van der Waals surface area contributed by atoms with Gasteiger partial charge in [-0.2, -0.15) is 0 Å². The summed E-state index contributed by atoms with van der Waals surface area (Å²) in [5.41, 5.74) is 1.92. The van der Waals surface area contributed by atoms with Crippen molar-refractivity contribution in [2.75, 3.05) is 0 Å². The van der Waals surface area contributed by atoms with Gasteiger partial charge in [-0.05, 0) is 38.1 Å². The summed E-state index contributed by atoms with van der Waals surface area (Å²) in [6.07, 6.45) is 0. The summed E-state index contributed by atoms with van der Waals surface area (Å²) in [7, 11) is 0. The van der Waals surface area contributed by atoms with Crippen molar-refractivity contribution >= 4 is 17.0 Å². The summed E-state index contributed by atoms with van der Waals surface area (Å²) < 4.78 is 7.43. The van der Waals surface area contributed by atoms with Gasteiger partial charge in [0, 0.05) is 0 Å². The van der Waals surface area contributed by atoms with Crippen molar-refractivity contribution in [1.82, 2.24) is 9.55 Å². The summed E-state index contributed by atoms with van der Waals surface area (Å²) in [4.78, 5) is 15.4. The lowest BCUT2D eigenvalue weighted by Gasteiger charge is -2.14. The minimum absolute atomic E-state index is 0.0473. The topological polar surface area (TPSA) is 68.3 Å². The lowest BCUT2D eigenvalue weighted by molar-refractivity contribution is 0.0659. The van der Waals surface area contributed by atoms with Crippen LogP contribution in [-0.4, -0.2) is 20.6 Å². The van der Waals surface area contributed by atoms with Gasteiger partial charge in [0.25, 0.3) is 0 Å². The maximum atomic E-state index is 10.9. The first-order valence-corrected chi connectivity index (χ1v) is 6.34. The molecule has 1 atom stereocenters. The highest BCUT2D eigenvalue weighted by atomic mass is 16.4. The Bertz CT molecular complexity index is 785. The van der Waals surface area contributed by atoms with Crippen LogP contribution >= 0.6 is 0 Å². The fraction of sp³-hybridized carbons (Fsp3) is 0.200. The van der Waals surface area contributed by atoms with Crippen LogP contribution in [0.15, 0.2) is 40.8 Å². The Hall–Kier alpha value is -2.56. The molecule has 0 saturated heterocycles. The predicted octanol–water partition coefficient (Wildman–Crippen LogP) is 3.25. The van der Waals surface area contributed by atoms with E-state index in [1.54, 1.807) is 6.07 Å². The lowest BCUT2D eigenvalue weighted by atomic mass is 10.2. The van der Waals surface area contributed by atoms with E-state index in [1.807, 2.05) is 42.7 Å². The fourth-order valence-electron chi connectivity index (χ4n) is 2.47. The normalized spacial score (nSPS) is 12.7. The molecule has 3 rings (SSSR count). The standard InChI is InChI=1S/C15H14N2O3/c1-9(13-7-8-14(20-13)15(18)19)17-10(2)16-11-5-3-4-6-12(11)17/h3-9H,1-2H3,(H,18,19). The third-order valence-electron chi connectivity index (χ3n) is 3.41. The third-order valence-corrected chi connectivity index (χ3v) is 3.41. The summed E-state index contributed by atoms with van der Waals surface area (Å²) in [6.45, 7) is 3.89. The van der Waals surface area contributed by atoms with Crippen LogP contribution in [0.2, 0.25) is 0 Å². The molecule has 2 aromatic heterocycles. The Balaban J connectivity index is 2.09. The van der Waals surface area contributed by atoms with Gasteiger partial charge in [-0.1, -0.05) is 12.1 Å². The van der Waals surface area contributed by atoms with Crippen molar-refractivity contribution in [1.29, 1.82) is 0 Å². The molecule has 0 aliphatic heterocycles. The first kappa shape index (κ1) is 12.5. The Kier molecular flexibility index (Phi) is 2.82. The van der Waals surface area contributed by atoms with Gasteiger partial charge in [0.05, 0.1) is 17.1 Å². The average Bonchev–Trinajstić information content (AvgIpc) is 3.01.